The number of rotatable bonds is 18. The smallest absolute Gasteiger partial charge is 0.351 e. The first-order chi connectivity index (χ1) is 18.0. The van der Waals surface area contributed by atoms with Gasteiger partial charge in [-0.15, -0.1) is 0 Å². The van der Waals surface area contributed by atoms with Gasteiger partial charge in [0.15, 0.2) is 6.35 Å². The molecule has 17 nitrogen and oxygen atoms in total. The van der Waals surface area contributed by atoms with Crippen LogP contribution < -0.4 is 0 Å². The third-order valence-corrected chi connectivity index (χ3v) is 5.57. The molecule has 0 aromatic carbocycles. The molecule has 0 aliphatic rings. The van der Waals surface area contributed by atoms with E-state index in [0.717, 1.165) is 12.8 Å². The zero-order chi connectivity index (χ0) is 32.5. The summed E-state index contributed by atoms with van der Waals surface area (Å²) in [6.07, 6.45) is -0.166. The lowest BCUT2D eigenvalue weighted by Crippen LogP contribution is -2.10. The van der Waals surface area contributed by atoms with E-state index in [1.807, 2.05) is 13.8 Å². The predicted octanol–water partition coefficient (Wildman–Crippen LogP) is 2.74. The quantitative estimate of drug-likeness (QED) is 0.0583. The van der Waals surface area contributed by atoms with Gasteiger partial charge in [0.25, 0.3) is 0 Å². The Balaban J connectivity index is -0.000000140. The van der Waals surface area contributed by atoms with Crippen molar-refractivity contribution in [3.8, 4) is 0 Å². The molecule has 0 aromatic heterocycles. The lowest BCUT2D eigenvalue weighted by molar-refractivity contribution is -0.0369. The Hall–Kier alpha value is 0.400. The molecule has 0 rings (SSSR count). The maximum atomic E-state index is 10.7. The second-order valence-electron chi connectivity index (χ2n) is 8.33. The van der Waals surface area contributed by atoms with Crippen LogP contribution in [0.4, 0.5) is 0 Å². The Labute approximate surface area is 243 Å². The SMILES string of the molecule is C.CC(CO)COCP(C)(=O)O.CCCOCP(=O)(O)O.CCOCOCP(=O)(O)O.CC[C@H](C)OCP(=O)(O)O. The van der Waals surface area contributed by atoms with E-state index in [1.165, 1.54) is 6.66 Å². The number of ether oxygens (including phenoxy) is 5. The summed E-state index contributed by atoms with van der Waals surface area (Å²) in [5.74, 6) is 0.0292. The summed E-state index contributed by atoms with van der Waals surface area (Å²) >= 11 is 0. The zero-order valence-electron chi connectivity index (χ0n) is 24.0. The van der Waals surface area contributed by atoms with Crippen LogP contribution in [0.25, 0.3) is 0 Å². The highest BCUT2D eigenvalue weighted by Crippen LogP contribution is 2.35. The van der Waals surface area contributed by atoms with Crippen molar-refractivity contribution in [3.05, 3.63) is 0 Å². The minimum atomic E-state index is -4.01. The van der Waals surface area contributed by atoms with Crippen molar-refractivity contribution in [3.63, 3.8) is 0 Å². The molecule has 0 spiro atoms. The molecule has 41 heavy (non-hydrogen) atoms. The Kier molecular flexibility index (Phi) is 36.2. The van der Waals surface area contributed by atoms with Crippen molar-refractivity contribution in [1.82, 2.24) is 0 Å². The fourth-order valence-electron chi connectivity index (χ4n) is 1.44. The molecule has 0 amide bonds. The van der Waals surface area contributed by atoms with Gasteiger partial charge in [-0.2, -0.15) is 0 Å². The van der Waals surface area contributed by atoms with Gasteiger partial charge in [0.1, 0.15) is 25.8 Å². The van der Waals surface area contributed by atoms with Gasteiger partial charge in [-0.05, 0) is 26.7 Å². The summed E-state index contributed by atoms with van der Waals surface area (Å²) in [5.41, 5.74) is 0. The lowest BCUT2D eigenvalue weighted by atomic mass is 10.2. The van der Waals surface area contributed by atoms with E-state index < -0.39 is 49.2 Å². The molecule has 0 fully saturated rings. The molecule has 0 bridgehead atoms. The van der Waals surface area contributed by atoms with Gasteiger partial charge < -0.3 is 63.0 Å². The minimum absolute atomic E-state index is 0. The fraction of sp³-hybridized carbons (Fsp3) is 1.00. The monoisotopic (exact) mass is 690 g/mol. The van der Waals surface area contributed by atoms with Crippen LogP contribution in [0, 0.1) is 5.92 Å². The molecule has 0 aliphatic carbocycles. The van der Waals surface area contributed by atoms with Gasteiger partial charge in [-0.25, -0.2) is 0 Å². The van der Waals surface area contributed by atoms with Gasteiger partial charge in [-0.3, -0.25) is 18.3 Å². The van der Waals surface area contributed by atoms with Gasteiger partial charge in [0.05, 0.1) is 12.7 Å². The van der Waals surface area contributed by atoms with E-state index in [0.29, 0.717) is 19.8 Å². The van der Waals surface area contributed by atoms with E-state index in [9.17, 15) is 18.3 Å². The number of hydrogen-bond donors (Lipinski definition) is 8. The molecule has 0 saturated heterocycles. The first-order valence-electron chi connectivity index (χ1n) is 12.0. The molecule has 8 N–H and O–H groups in total. The average molecular weight is 691 g/mol. The van der Waals surface area contributed by atoms with Crippen LogP contribution in [-0.2, 0) is 41.9 Å². The van der Waals surface area contributed by atoms with Crippen molar-refractivity contribution in [1.29, 1.82) is 0 Å². The third kappa shape index (κ3) is 64.5. The van der Waals surface area contributed by atoms with Crippen LogP contribution in [-0.4, -0.2) is 111 Å². The Morgan fingerprint density at radius 1 is 0.683 bits per heavy atom. The minimum Gasteiger partial charge on any atom is -0.396 e. The Morgan fingerprint density at radius 2 is 1.15 bits per heavy atom. The van der Waals surface area contributed by atoms with E-state index in [1.54, 1.807) is 20.8 Å². The molecular weight excluding hydrogens is 636 g/mol. The standard InChI is InChI=1S/C6H15O4P.C5H13O4P.C4H11O5P.C4H11O4P.CH4/c1-6(3-7)4-10-5-11(2,8)9;1-3-5(2)9-4-10(6,7)8;1-2-8-3-9-4-10(5,6)7;1-2-3-8-4-9(5,6)7;/h6-7H,3-5H2,1-2H3,(H,8,9);5H,3-4H2,1-2H3,(H2,6,7,8);2-4H2,1H3,(H2,5,6,7);2-4H2,1H3,(H2,5,6,7);1H4/t;5-;;;/m.0.../s1. The third-order valence-electron chi connectivity index (χ3n) is 3.39. The van der Waals surface area contributed by atoms with Gasteiger partial charge in [0, 0.05) is 32.4 Å². The van der Waals surface area contributed by atoms with Gasteiger partial charge in [-0.1, -0.05) is 28.2 Å². The molecule has 0 aliphatic heterocycles. The van der Waals surface area contributed by atoms with Crippen LogP contribution in [0.15, 0.2) is 0 Å². The number of aliphatic hydroxyl groups excluding tert-OH is 1. The largest absolute Gasteiger partial charge is 0.396 e. The summed E-state index contributed by atoms with van der Waals surface area (Å²) in [6, 6.07) is 0. The van der Waals surface area contributed by atoms with Crippen molar-refractivity contribution in [2.75, 3.05) is 65.3 Å². The van der Waals surface area contributed by atoms with Crippen LogP contribution in [0.5, 0.6) is 0 Å². The molecule has 256 valence electrons. The molecular formula is C20H54O17P4. The topological polar surface area (TPSA) is 276 Å². The molecule has 21 heteroatoms. The van der Waals surface area contributed by atoms with Crippen molar-refractivity contribution >= 4 is 30.2 Å². The zero-order valence-corrected chi connectivity index (χ0v) is 27.6. The maximum absolute atomic E-state index is 10.7. The highest BCUT2D eigenvalue weighted by molar-refractivity contribution is 7.56. The summed E-state index contributed by atoms with van der Waals surface area (Å²) in [5, 5.41) is 8.55. The molecule has 0 radical (unpaired) electrons. The predicted molar refractivity (Wildman–Crippen MR) is 155 cm³/mol. The molecule has 2 unspecified atom stereocenters. The van der Waals surface area contributed by atoms with Gasteiger partial charge in [0.2, 0.25) is 7.37 Å². The van der Waals surface area contributed by atoms with E-state index in [2.05, 4.69) is 14.2 Å². The van der Waals surface area contributed by atoms with E-state index >= 15 is 0 Å². The van der Waals surface area contributed by atoms with E-state index in [4.69, 9.17) is 48.8 Å². The summed E-state index contributed by atoms with van der Waals surface area (Å²) in [4.78, 5) is 58.4. The lowest BCUT2D eigenvalue weighted by Gasteiger charge is -2.10. The Morgan fingerprint density at radius 3 is 1.49 bits per heavy atom. The highest BCUT2D eigenvalue weighted by atomic mass is 31.2. The van der Waals surface area contributed by atoms with Gasteiger partial charge >= 0.3 is 22.8 Å². The van der Waals surface area contributed by atoms with Crippen LogP contribution in [0.1, 0.15) is 54.9 Å². The second-order valence-corrected chi connectivity index (χ2v) is 15.5. The summed E-state index contributed by atoms with van der Waals surface area (Å²) in [7, 11) is -14.9. The number of hydrogen-bond acceptors (Lipinski definition) is 10. The van der Waals surface area contributed by atoms with Crippen molar-refractivity contribution in [2.24, 2.45) is 5.92 Å². The molecule has 0 saturated carbocycles. The van der Waals surface area contributed by atoms with Crippen LogP contribution in [0.2, 0.25) is 0 Å². The highest BCUT2D eigenvalue weighted by Gasteiger charge is 2.14. The fourth-order valence-corrected chi connectivity index (χ4v) is 3.02. The molecule has 3 atom stereocenters. The molecule has 0 aromatic rings. The van der Waals surface area contributed by atoms with Crippen molar-refractivity contribution < 1.29 is 81.3 Å². The van der Waals surface area contributed by atoms with Crippen LogP contribution >= 0.6 is 30.2 Å². The first kappa shape index (κ1) is 51.0. The summed E-state index contributed by atoms with van der Waals surface area (Å²) < 4.78 is 64.4. The maximum Gasteiger partial charge on any atom is 0.351 e. The van der Waals surface area contributed by atoms with Crippen molar-refractivity contribution in [2.45, 2.75) is 61.0 Å². The number of aliphatic hydroxyl groups is 1. The second kappa shape index (κ2) is 29.1. The van der Waals surface area contributed by atoms with Crippen LogP contribution in [0.3, 0.4) is 0 Å². The first-order valence-corrected chi connectivity index (χ1v) is 19.7. The average Bonchev–Trinajstić information content (AvgIpc) is 2.79. The summed E-state index contributed by atoms with van der Waals surface area (Å²) in [6.45, 7) is 11.5. The normalized spacial score (nSPS) is 14.4. The Bertz CT molecular complexity index is 746. The molecule has 0 heterocycles. The van der Waals surface area contributed by atoms with E-state index in [-0.39, 0.29) is 39.2 Å².